The van der Waals surface area contributed by atoms with E-state index in [0.717, 1.165) is 32.2 Å². The molecule has 5 rings (SSSR count). The molecule has 0 aliphatic rings. The molecule has 1 amide bonds. The van der Waals surface area contributed by atoms with Crippen LogP contribution in [0.5, 0.6) is 0 Å². The lowest BCUT2D eigenvalue weighted by atomic mass is 10.0. The number of thiophene rings is 1. The van der Waals surface area contributed by atoms with Gasteiger partial charge in [-0.2, -0.15) is 0 Å². The Hall–Kier alpha value is -3.15. The molecule has 0 aliphatic heterocycles. The quantitative estimate of drug-likeness (QED) is 0.346. The van der Waals surface area contributed by atoms with Gasteiger partial charge in [0, 0.05) is 26.8 Å². The monoisotopic (exact) mass is 434 g/mol. The number of primary amides is 1. The van der Waals surface area contributed by atoms with Crippen LogP contribution in [0.2, 0.25) is 5.02 Å². The summed E-state index contributed by atoms with van der Waals surface area (Å²) in [5.74, 6) is -0.925. The predicted octanol–water partition coefficient (Wildman–Crippen LogP) is 6.46. The first-order chi connectivity index (χ1) is 14.5. The highest BCUT2D eigenvalue weighted by atomic mass is 35.5. The van der Waals surface area contributed by atoms with Crippen LogP contribution in [0, 0.1) is 5.82 Å². The average molecular weight is 435 g/mol. The molecule has 2 heterocycles. The highest BCUT2D eigenvalue weighted by Crippen LogP contribution is 2.36. The van der Waals surface area contributed by atoms with Crippen LogP contribution in [0.25, 0.3) is 32.2 Å². The molecule has 0 aliphatic carbocycles. The second-order valence-electron chi connectivity index (χ2n) is 7.07. The third-order valence-corrected chi connectivity index (χ3v) is 6.53. The number of amides is 1. The van der Waals surface area contributed by atoms with Gasteiger partial charge < -0.3 is 10.3 Å². The standard InChI is InChI=1S/C24H16ClFN2OS/c25-18-6-1-4-15(23(18)26)13-28-19-7-2-5-17(24(27)29)22(19)16-10-9-14(12-20(16)28)21-8-3-11-30-21/h1-12H,13H2,(H2,27,29). The Balaban J connectivity index is 1.83. The van der Waals surface area contributed by atoms with Crippen molar-refractivity contribution in [1.29, 1.82) is 0 Å². The molecule has 0 fully saturated rings. The number of benzene rings is 3. The fourth-order valence-corrected chi connectivity index (χ4v) is 4.87. The topological polar surface area (TPSA) is 48.0 Å². The van der Waals surface area contributed by atoms with Crippen molar-refractivity contribution in [2.24, 2.45) is 5.73 Å². The van der Waals surface area contributed by atoms with Crippen molar-refractivity contribution < 1.29 is 9.18 Å². The van der Waals surface area contributed by atoms with Gasteiger partial charge in [0.25, 0.3) is 0 Å². The molecule has 2 aromatic heterocycles. The zero-order valence-corrected chi connectivity index (χ0v) is 17.3. The fourth-order valence-electron chi connectivity index (χ4n) is 3.96. The molecule has 0 spiro atoms. The van der Waals surface area contributed by atoms with Crippen LogP contribution in [0.15, 0.2) is 72.1 Å². The van der Waals surface area contributed by atoms with Gasteiger partial charge in [0.05, 0.1) is 22.6 Å². The Labute approximate surface area is 181 Å². The summed E-state index contributed by atoms with van der Waals surface area (Å²) in [5, 5.41) is 3.80. The third kappa shape index (κ3) is 2.98. The van der Waals surface area contributed by atoms with Crippen LogP contribution in [0.4, 0.5) is 4.39 Å². The largest absolute Gasteiger partial charge is 0.366 e. The molecule has 3 aromatic carbocycles. The normalized spacial score (nSPS) is 11.4. The van der Waals surface area contributed by atoms with E-state index in [1.165, 1.54) is 6.07 Å². The van der Waals surface area contributed by atoms with Crippen molar-refractivity contribution in [2.45, 2.75) is 6.54 Å². The molecule has 148 valence electrons. The van der Waals surface area contributed by atoms with Crippen molar-refractivity contribution in [2.75, 3.05) is 0 Å². The molecule has 0 atom stereocenters. The van der Waals surface area contributed by atoms with Crippen LogP contribution in [-0.2, 0) is 6.54 Å². The zero-order chi connectivity index (χ0) is 20.8. The van der Waals surface area contributed by atoms with Gasteiger partial charge in [-0.1, -0.05) is 48.0 Å². The third-order valence-electron chi connectivity index (χ3n) is 5.32. The summed E-state index contributed by atoms with van der Waals surface area (Å²) >= 11 is 7.66. The smallest absolute Gasteiger partial charge is 0.249 e. The number of carbonyl (C=O) groups excluding carboxylic acids is 1. The highest BCUT2D eigenvalue weighted by Gasteiger charge is 2.18. The Morgan fingerprint density at radius 1 is 1.03 bits per heavy atom. The molecule has 0 saturated carbocycles. The molecule has 2 N–H and O–H groups in total. The maximum atomic E-state index is 14.7. The molecule has 0 bridgehead atoms. The van der Waals surface area contributed by atoms with Gasteiger partial charge >= 0.3 is 0 Å². The molecule has 6 heteroatoms. The van der Waals surface area contributed by atoms with E-state index in [1.807, 2.05) is 34.2 Å². The van der Waals surface area contributed by atoms with Crippen molar-refractivity contribution in [3.05, 3.63) is 94.1 Å². The molecule has 0 unspecified atom stereocenters. The van der Waals surface area contributed by atoms with Crippen molar-refractivity contribution in [1.82, 2.24) is 4.57 Å². The average Bonchev–Trinajstić information content (AvgIpc) is 3.38. The van der Waals surface area contributed by atoms with Crippen LogP contribution in [-0.4, -0.2) is 10.5 Å². The summed E-state index contributed by atoms with van der Waals surface area (Å²) < 4.78 is 16.7. The maximum Gasteiger partial charge on any atom is 0.249 e. The number of rotatable bonds is 4. The van der Waals surface area contributed by atoms with Gasteiger partial charge in [-0.3, -0.25) is 4.79 Å². The van der Waals surface area contributed by atoms with Gasteiger partial charge in [0.15, 0.2) is 0 Å². The maximum absolute atomic E-state index is 14.7. The summed E-state index contributed by atoms with van der Waals surface area (Å²) in [7, 11) is 0. The summed E-state index contributed by atoms with van der Waals surface area (Å²) in [6.45, 7) is 0.280. The number of nitrogens with two attached hydrogens (primary N) is 1. The van der Waals surface area contributed by atoms with E-state index >= 15 is 0 Å². The minimum atomic E-state index is -0.490. The lowest BCUT2D eigenvalue weighted by molar-refractivity contribution is 0.100. The second-order valence-corrected chi connectivity index (χ2v) is 8.43. The number of carbonyl (C=O) groups is 1. The van der Waals surface area contributed by atoms with Crippen molar-refractivity contribution in [3.63, 3.8) is 0 Å². The minimum absolute atomic E-state index is 0.0883. The second kappa shape index (κ2) is 7.27. The highest BCUT2D eigenvalue weighted by molar-refractivity contribution is 7.13. The molecule has 0 radical (unpaired) electrons. The SMILES string of the molecule is NC(=O)c1cccc2c1c1ccc(-c3cccs3)cc1n2Cc1cccc(Cl)c1F. The Bertz CT molecular complexity index is 1420. The Kier molecular flexibility index (Phi) is 4.57. The van der Waals surface area contributed by atoms with Gasteiger partial charge in [-0.15, -0.1) is 11.3 Å². The predicted molar refractivity (Wildman–Crippen MR) is 122 cm³/mol. The van der Waals surface area contributed by atoms with E-state index < -0.39 is 11.7 Å². The summed E-state index contributed by atoms with van der Waals surface area (Å²) in [6, 6.07) is 20.6. The first-order valence-corrected chi connectivity index (χ1v) is 10.6. The van der Waals surface area contributed by atoms with Crippen molar-refractivity contribution in [3.8, 4) is 10.4 Å². The lowest BCUT2D eigenvalue weighted by Gasteiger charge is -2.10. The number of halogens is 2. The van der Waals surface area contributed by atoms with Crippen LogP contribution >= 0.6 is 22.9 Å². The van der Waals surface area contributed by atoms with Gasteiger partial charge in [0.1, 0.15) is 5.82 Å². The summed E-state index contributed by atoms with van der Waals surface area (Å²) in [5.41, 5.74) is 9.38. The van der Waals surface area contributed by atoms with Crippen LogP contribution in [0.1, 0.15) is 15.9 Å². The van der Waals surface area contributed by atoms with E-state index in [4.69, 9.17) is 17.3 Å². The number of nitrogens with zero attached hydrogens (tertiary/aromatic N) is 1. The zero-order valence-electron chi connectivity index (χ0n) is 15.7. The fraction of sp³-hybridized carbons (Fsp3) is 0.0417. The van der Waals surface area contributed by atoms with Gasteiger partial charge in [-0.05, 0) is 41.3 Å². The molecule has 0 saturated heterocycles. The molecule has 3 nitrogen and oxygen atoms in total. The summed E-state index contributed by atoms with van der Waals surface area (Å²) in [6.07, 6.45) is 0. The van der Waals surface area contributed by atoms with E-state index in [0.29, 0.717) is 11.1 Å². The van der Waals surface area contributed by atoms with Gasteiger partial charge in [-0.25, -0.2) is 4.39 Å². The molecule has 5 aromatic rings. The van der Waals surface area contributed by atoms with E-state index in [-0.39, 0.29) is 11.6 Å². The lowest BCUT2D eigenvalue weighted by Crippen LogP contribution is -2.11. The van der Waals surface area contributed by atoms with Crippen LogP contribution < -0.4 is 5.73 Å². The molecular weight excluding hydrogens is 419 g/mol. The first-order valence-electron chi connectivity index (χ1n) is 9.36. The minimum Gasteiger partial charge on any atom is -0.366 e. The van der Waals surface area contributed by atoms with Crippen LogP contribution in [0.3, 0.4) is 0 Å². The van der Waals surface area contributed by atoms with Crippen molar-refractivity contribution >= 4 is 50.7 Å². The first kappa shape index (κ1) is 18.9. The summed E-state index contributed by atoms with van der Waals surface area (Å²) in [4.78, 5) is 13.3. The molecular formula is C24H16ClFN2OS. The molecule has 30 heavy (non-hydrogen) atoms. The van der Waals surface area contributed by atoms with E-state index in [1.54, 1.807) is 35.6 Å². The number of fused-ring (bicyclic) bond motifs is 3. The number of hydrogen-bond donors (Lipinski definition) is 1. The number of hydrogen-bond acceptors (Lipinski definition) is 2. The van der Waals surface area contributed by atoms with Gasteiger partial charge in [0.2, 0.25) is 5.91 Å². The van der Waals surface area contributed by atoms with E-state index in [2.05, 4.69) is 12.1 Å². The Morgan fingerprint density at radius 2 is 1.87 bits per heavy atom. The number of aromatic nitrogens is 1. The Morgan fingerprint density at radius 3 is 2.63 bits per heavy atom. The van der Waals surface area contributed by atoms with E-state index in [9.17, 15) is 9.18 Å².